The van der Waals surface area contributed by atoms with Crippen molar-refractivity contribution in [1.29, 1.82) is 0 Å². The third-order valence-electron chi connectivity index (χ3n) is 2.92. The lowest BCUT2D eigenvalue weighted by molar-refractivity contribution is -0.121. The minimum absolute atomic E-state index is 0.0272. The van der Waals surface area contributed by atoms with Crippen molar-refractivity contribution < 1.29 is 14.3 Å². The molecule has 1 N–H and O–H groups in total. The maximum atomic E-state index is 11.7. The average Bonchev–Trinajstić information content (AvgIpc) is 2.33. The number of carbonyl (C=O) groups excluding carboxylic acids is 2. The number of benzene rings is 1. The molecular formula is C14H18N2O3. The Hall–Kier alpha value is -2.04. The van der Waals surface area contributed by atoms with Crippen molar-refractivity contribution in [1.82, 2.24) is 5.32 Å². The molecule has 19 heavy (non-hydrogen) atoms. The molecule has 5 heteroatoms. The Morgan fingerprint density at radius 2 is 2.21 bits per heavy atom. The Kier molecular flexibility index (Phi) is 3.74. The first-order valence-corrected chi connectivity index (χ1v) is 6.29. The Morgan fingerprint density at radius 1 is 1.47 bits per heavy atom. The van der Waals surface area contributed by atoms with Gasteiger partial charge in [0.05, 0.1) is 12.1 Å². The van der Waals surface area contributed by atoms with Crippen LogP contribution >= 0.6 is 0 Å². The van der Waals surface area contributed by atoms with E-state index in [4.69, 9.17) is 4.74 Å². The van der Waals surface area contributed by atoms with E-state index in [1.54, 1.807) is 18.0 Å². The smallest absolute Gasteiger partial charge is 0.264 e. The van der Waals surface area contributed by atoms with Crippen molar-refractivity contribution in [2.24, 2.45) is 0 Å². The van der Waals surface area contributed by atoms with Gasteiger partial charge in [-0.05, 0) is 31.5 Å². The monoisotopic (exact) mass is 262 g/mol. The maximum Gasteiger partial charge on any atom is 0.264 e. The number of nitrogens with one attached hydrogen (secondary N) is 1. The van der Waals surface area contributed by atoms with Gasteiger partial charge in [-0.3, -0.25) is 9.59 Å². The van der Waals surface area contributed by atoms with Gasteiger partial charge in [-0.15, -0.1) is 0 Å². The molecule has 0 aromatic heterocycles. The zero-order chi connectivity index (χ0) is 14.0. The summed E-state index contributed by atoms with van der Waals surface area (Å²) in [5.74, 6) is 0.562. The normalized spacial score (nSPS) is 14.1. The van der Waals surface area contributed by atoms with Gasteiger partial charge in [-0.25, -0.2) is 0 Å². The van der Waals surface area contributed by atoms with Crippen LogP contribution in [0.1, 0.15) is 19.4 Å². The number of carbonyl (C=O) groups is 2. The fourth-order valence-electron chi connectivity index (χ4n) is 1.99. The van der Waals surface area contributed by atoms with Crippen LogP contribution in [0.2, 0.25) is 0 Å². The highest BCUT2D eigenvalue weighted by molar-refractivity contribution is 5.97. The first-order chi connectivity index (χ1) is 8.97. The summed E-state index contributed by atoms with van der Waals surface area (Å²) < 4.78 is 5.34. The van der Waals surface area contributed by atoms with Crippen molar-refractivity contribution in [3.05, 3.63) is 23.8 Å². The molecule has 1 aliphatic heterocycles. The average molecular weight is 262 g/mol. The van der Waals surface area contributed by atoms with Crippen LogP contribution in [0, 0.1) is 0 Å². The third kappa shape index (κ3) is 3.05. The predicted molar refractivity (Wildman–Crippen MR) is 72.3 cm³/mol. The highest BCUT2D eigenvalue weighted by Crippen LogP contribution is 2.31. The highest BCUT2D eigenvalue weighted by atomic mass is 16.5. The fourth-order valence-corrected chi connectivity index (χ4v) is 1.99. The fraction of sp³-hybridized carbons (Fsp3) is 0.429. The van der Waals surface area contributed by atoms with Crippen LogP contribution in [-0.2, 0) is 16.0 Å². The topological polar surface area (TPSA) is 58.6 Å². The Morgan fingerprint density at radius 3 is 2.89 bits per heavy atom. The lowest BCUT2D eigenvalue weighted by Crippen LogP contribution is -2.35. The Balaban J connectivity index is 2.16. The summed E-state index contributed by atoms with van der Waals surface area (Å²) in [5, 5.41) is 2.84. The molecule has 2 rings (SSSR count). The molecule has 102 valence electrons. The molecule has 0 unspecified atom stereocenters. The van der Waals surface area contributed by atoms with Crippen molar-refractivity contribution in [3.63, 3.8) is 0 Å². The van der Waals surface area contributed by atoms with E-state index in [0.717, 1.165) is 5.56 Å². The van der Waals surface area contributed by atoms with Gasteiger partial charge in [0.1, 0.15) is 5.75 Å². The molecule has 1 aliphatic rings. The van der Waals surface area contributed by atoms with E-state index in [-0.39, 0.29) is 24.5 Å². The molecule has 0 saturated heterocycles. The number of hydrogen-bond acceptors (Lipinski definition) is 3. The van der Waals surface area contributed by atoms with Crippen LogP contribution in [0.5, 0.6) is 5.75 Å². The maximum absolute atomic E-state index is 11.7. The van der Waals surface area contributed by atoms with Crippen LogP contribution in [0.3, 0.4) is 0 Å². The predicted octanol–water partition coefficient (Wildman–Crippen LogP) is 1.11. The number of ether oxygens (including phenoxy) is 1. The van der Waals surface area contributed by atoms with Gasteiger partial charge in [-0.2, -0.15) is 0 Å². The molecule has 0 atom stereocenters. The number of fused-ring (bicyclic) bond motifs is 1. The molecule has 1 aromatic rings. The summed E-state index contributed by atoms with van der Waals surface area (Å²) in [7, 11) is 1.71. The van der Waals surface area contributed by atoms with Crippen molar-refractivity contribution >= 4 is 17.5 Å². The van der Waals surface area contributed by atoms with E-state index in [1.165, 1.54) is 0 Å². The summed E-state index contributed by atoms with van der Waals surface area (Å²) in [6.07, 6.45) is 0.299. The standard InChI is InChI=1S/C14H18N2O3/c1-9(2)15-13(17)7-10-4-5-12-11(6-10)16(3)14(18)8-19-12/h4-6,9H,7-8H2,1-3H3,(H,15,17). The van der Waals surface area contributed by atoms with Gasteiger partial charge >= 0.3 is 0 Å². The van der Waals surface area contributed by atoms with Crippen LogP contribution in [0.25, 0.3) is 0 Å². The molecule has 2 amide bonds. The number of amides is 2. The zero-order valence-electron chi connectivity index (χ0n) is 11.4. The van der Waals surface area contributed by atoms with Crippen LogP contribution in [0.15, 0.2) is 18.2 Å². The number of nitrogens with zero attached hydrogens (tertiary/aromatic N) is 1. The van der Waals surface area contributed by atoms with E-state index < -0.39 is 0 Å². The molecule has 1 heterocycles. The second-order valence-corrected chi connectivity index (χ2v) is 4.94. The highest BCUT2D eigenvalue weighted by Gasteiger charge is 2.22. The molecule has 0 aliphatic carbocycles. The van der Waals surface area contributed by atoms with Crippen LogP contribution in [-0.4, -0.2) is 31.5 Å². The summed E-state index contributed by atoms with van der Waals surface area (Å²) in [6, 6.07) is 5.60. The van der Waals surface area contributed by atoms with Crippen molar-refractivity contribution in [3.8, 4) is 5.75 Å². The van der Waals surface area contributed by atoms with Gasteiger partial charge in [0.25, 0.3) is 5.91 Å². The molecule has 0 spiro atoms. The lowest BCUT2D eigenvalue weighted by atomic mass is 10.1. The molecule has 0 radical (unpaired) electrons. The minimum atomic E-state index is -0.0868. The van der Waals surface area contributed by atoms with Gasteiger partial charge in [0.2, 0.25) is 5.91 Å². The largest absolute Gasteiger partial charge is 0.482 e. The summed E-state index contributed by atoms with van der Waals surface area (Å²) >= 11 is 0. The molecule has 5 nitrogen and oxygen atoms in total. The van der Waals surface area contributed by atoms with E-state index in [9.17, 15) is 9.59 Å². The Labute approximate surface area is 112 Å². The quantitative estimate of drug-likeness (QED) is 0.887. The molecule has 0 fully saturated rings. The van der Waals surface area contributed by atoms with E-state index in [2.05, 4.69) is 5.32 Å². The van der Waals surface area contributed by atoms with E-state index in [1.807, 2.05) is 26.0 Å². The second-order valence-electron chi connectivity index (χ2n) is 4.94. The molecule has 0 saturated carbocycles. The van der Waals surface area contributed by atoms with Crippen LogP contribution in [0.4, 0.5) is 5.69 Å². The second kappa shape index (κ2) is 5.30. The summed E-state index contributed by atoms with van der Waals surface area (Å²) in [4.78, 5) is 24.8. The SMILES string of the molecule is CC(C)NC(=O)Cc1ccc2c(c1)N(C)C(=O)CO2. The van der Waals surface area contributed by atoms with E-state index >= 15 is 0 Å². The van der Waals surface area contributed by atoms with E-state index in [0.29, 0.717) is 17.9 Å². The summed E-state index contributed by atoms with van der Waals surface area (Å²) in [5.41, 5.74) is 1.58. The third-order valence-corrected chi connectivity index (χ3v) is 2.92. The van der Waals surface area contributed by atoms with Gasteiger partial charge in [-0.1, -0.05) is 6.07 Å². The van der Waals surface area contributed by atoms with Gasteiger partial charge < -0.3 is 15.0 Å². The lowest BCUT2D eigenvalue weighted by Gasteiger charge is -2.26. The zero-order valence-corrected chi connectivity index (χ0v) is 11.4. The number of likely N-dealkylation sites (N-methyl/N-ethyl adjacent to an activating group) is 1. The first-order valence-electron chi connectivity index (χ1n) is 6.29. The number of hydrogen-bond donors (Lipinski definition) is 1. The van der Waals surface area contributed by atoms with Crippen LogP contribution < -0.4 is 15.0 Å². The molecule has 0 bridgehead atoms. The number of anilines is 1. The molecule has 1 aromatic carbocycles. The van der Waals surface area contributed by atoms with Gasteiger partial charge in [0, 0.05) is 13.1 Å². The summed E-state index contributed by atoms with van der Waals surface area (Å²) in [6.45, 7) is 3.91. The number of rotatable bonds is 3. The molecular weight excluding hydrogens is 244 g/mol. The minimum Gasteiger partial charge on any atom is -0.482 e. The van der Waals surface area contributed by atoms with Crippen molar-refractivity contribution in [2.75, 3.05) is 18.6 Å². The Bertz CT molecular complexity index is 511. The first kappa shape index (κ1) is 13.4. The van der Waals surface area contributed by atoms with Gasteiger partial charge in [0.15, 0.2) is 6.61 Å². The van der Waals surface area contributed by atoms with Crippen molar-refractivity contribution in [2.45, 2.75) is 26.3 Å².